The van der Waals surface area contributed by atoms with E-state index in [1.165, 1.54) is 4.88 Å². The van der Waals surface area contributed by atoms with Crippen LogP contribution in [0.1, 0.15) is 24.1 Å². The highest BCUT2D eigenvalue weighted by molar-refractivity contribution is 7.09. The second-order valence-electron chi connectivity index (χ2n) is 5.49. The average Bonchev–Trinajstić information content (AvgIpc) is 3.13. The molecule has 1 unspecified atom stereocenters. The molecule has 2 saturated heterocycles. The lowest BCUT2D eigenvalue weighted by Gasteiger charge is -2.21. The van der Waals surface area contributed by atoms with E-state index >= 15 is 0 Å². The van der Waals surface area contributed by atoms with Crippen molar-refractivity contribution in [2.75, 3.05) is 13.1 Å². The molecule has 112 valence electrons. The molecule has 1 aromatic heterocycles. The van der Waals surface area contributed by atoms with E-state index in [0.29, 0.717) is 19.4 Å². The summed E-state index contributed by atoms with van der Waals surface area (Å²) in [5.74, 6) is -0.265. The van der Waals surface area contributed by atoms with E-state index in [0.717, 1.165) is 12.8 Å². The Morgan fingerprint density at radius 2 is 2.29 bits per heavy atom. The van der Waals surface area contributed by atoms with E-state index in [9.17, 15) is 14.4 Å². The van der Waals surface area contributed by atoms with Gasteiger partial charge < -0.3 is 10.2 Å². The molecule has 0 aromatic carbocycles. The van der Waals surface area contributed by atoms with Gasteiger partial charge in [0.15, 0.2) is 0 Å². The molecule has 3 heterocycles. The van der Waals surface area contributed by atoms with Crippen molar-refractivity contribution in [2.45, 2.75) is 31.2 Å². The maximum Gasteiger partial charge on any atom is 0.322 e. The molecule has 1 atom stereocenters. The van der Waals surface area contributed by atoms with Crippen molar-refractivity contribution in [3.63, 3.8) is 0 Å². The van der Waals surface area contributed by atoms with E-state index in [-0.39, 0.29) is 18.4 Å². The molecule has 3 rings (SSSR count). The number of thiophene rings is 1. The van der Waals surface area contributed by atoms with Crippen LogP contribution in [0.15, 0.2) is 17.5 Å². The van der Waals surface area contributed by atoms with Crippen molar-refractivity contribution in [3.05, 3.63) is 22.4 Å². The summed E-state index contributed by atoms with van der Waals surface area (Å²) in [4.78, 5) is 38.2. The first-order chi connectivity index (χ1) is 10.1. The number of carbonyl (C=O) groups is 3. The maximum absolute atomic E-state index is 12.2. The minimum Gasteiger partial charge on any atom is -0.340 e. The highest BCUT2D eigenvalue weighted by atomic mass is 32.1. The third-order valence-electron chi connectivity index (χ3n) is 4.03. The van der Waals surface area contributed by atoms with E-state index in [1.54, 1.807) is 16.2 Å². The molecule has 0 aliphatic carbocycles. The van der Waals surface area contributed by atoms with Crippen molar-refractivity contribution < 1.29 is 14.4 Å². The standard InChI is InChI=1S/C14H17N3O3S/c18-11(5-1-3-10-4-2-8-21-10)17-7-6-14(9-17)12(19)15-13(20)16-14/h2,4,8H,1,3,5-7,9H2,(H2,15,16,19,20). The van der Waals surface area contributed by atoms with E-state index < -0.39 is 11.6 Å². The summed E-state index contributed by atoms with van der Waals surface area (Å²) in [5, 5.41) is 6.93. The van der Waals surface area contributed by atoms with Crippen molar-refractivity contribution in [3.8, 4) is 0 Å². The van der Waals surface area contributed by atoms with Gasteiger partial charge in [0.2, 0.25) is 5.91 Å². The van der Waals surface area contributed by atoms with Crippen LogP contribution >= 0.6 is 11.3 Å². The fraction of sp³-hybridized carbons (Fsp3) is 0.500. The zero-order valence-corrected chi connectivity index (χ0v) is 12.4. The maximum atomic E-state index is 12.2. The van der Waals surface area contributed by atoms with Crippen LogP contribution < -0.4 is 10.6 Å². The van der Waals surface area contributed by atoms with Crippen LogP contribution in [0.2, 0.25) is 0 Å². The molecule has 1 spiro atoms. The normalized spacial score (nSPS) is 24.5. The average molecular weight is 307 g/mol. The van der Waals surface area contributed by atoms with Crippen molar-refractivity contribution in [1.29, 1.82) is 0 Å². The lowest BCUT2D eigenvalue weighted by molar-refractivity contribution is -0.130. The van der Waals surface area contributed by atoms with Gasteiger partial charge in [-0.1, -0.05) is 6.07 Å². The minimum absolute atomic E-state index is 0.0531. The number of aryl methyl sites for hydroxylation is 1. The second-order valence-corrected chi connectivity index (χ2v) is 6.52. The lowest BCUT2D eigenvalue weighted by Crippen LogP contribution is -2.49. The summed E-state index contributed by atoms with van der Waals surface area (Å²) in [7, 11) is 0. The molecule has 1 aromatic rings. The van der Waals surface area contributed by atoms with Crippen molar-refractivity contribution >= 4 is 29.2 Å². The Morgan fingerprint density at radius 1 is 1.43 bits per heavy atom. The molecule has 0 radical (unpaired) electrons. The zero-order chi connectivity index (χ0) is 14.9. The van der Waals surface area contributed by atoms with Crippen LogP contribution in [-0.2, 0) is 16.0 Å². The number of nitrogens with one attached hydrogen (secondary N) is 2. The second kappa shape index (κ2) is 5.48. The van der Waals surface area contributed by atoms with Crippen molar-refractivity contribution in [1.82, 2.24) is 15.5 Å². The van der Waals surface area contributed by atoms with Gasteiger partial charge in [-0.3, -0.25) is 14.9 Å². The number of rotatable bonds is 4. The van der Waals surface area contributed by atoms with Crippen LogP contribution in [0, 0.1) is 0 Å². The third-order valence-corrected chi connectivity index (χ3v) is 4.97. The molecule has 0 saturated carbocycles. The Morgan fingerprint density at radius 3 is 2.95 bits per heavy atom. The summed E-state index contributed by atoms with van der Waals surface area (Å²) < 4.78 is 0. The smallest absolute Gasteiger partial charge is 0.322 e. The SMILES string of the molecule is O=C1NC(=O)C2(CCN(C(=O)CCCc3cccs3)C2)N1. The predicted molar refractivity (Wildman–Crippen MR) is 77.9 cm³/mol. The van der Waals surface area contributed by atoms with Gasteiger partial charge >= 0.3 is 6.03 Å². The first-order valence-corrected chi connectivity index (χ1v) is 7.91. The van der Waals surface area contributed by atoms with Gasteiger partial charge in [-0.15, -0.1) is 11.3 Å². The highest BCUT2D eigenvalue weighted by Crippen LogP contribution is 2.25. The molecule has 2 N–H and O–H groups in total. The van der Waals surface area contributed by atoms with Gasteiger partial charge in [0, 0.05) is 17.8 Å². The van der Waals surface area contributed by atoms with Crippen LogP contribution in [0.5, 0.6) is 0 Å². The van der Waals surface area contributed by atoms with E-state index in [4.69, 9.17) is 0 Å². The number of nitrogens with zero attached hydrogens (tertiary/aromatic N) is 1. The minimum atomic E-state index is -0.902. The summed E-state index contributed by atoms with van der Waals surface area (Å²) in [6.45, 7) is 0.800. The predicted octanol–water partition coefficient (Wildman–Crippen LogP) is 0.881. The van der Waals surface area contributed by atoms with E-state index in [2.05, 4.69) is 16.7 Å². The molecule has 2 aliphatic heterocycles. The van der Waals surface area contributed by atoms with Crippen LogP contribution in [0.4, 0.5) is 4.79 Å². The van der Waals surface area contributed by atoms with Gasteiger partial charge in [-0.05, 0) is 30.7 Å². The quantitative estimate of drug-likeness (QED) is 0.811. The number of amides is 4. The summed E-state index contributed by atoms with van der Waals surface area (Å²) in [6, 6.07) is 3.61. The van der Waals surface area contributed by atoms with Crippen LogP contribution in [0.25, 0.3) is 0 Å². The van der Waals surface area contributed by atoms with E-state index in [1.807, 2.05) is 11.4 Å². The lowest BCUT2D eigenvalue weighted by atomic mass is 9.99. The van der Waals surface area contributed by atoms with Gasteiger partial charge in [-0.25, -0.2) is 4.79 Å². The van der Waals surface area contributed by atoms with Gasteiger partial charge in [0.25, 0.3) is 5.91 Å². The molecular formula is C14H17N3O3S. The number of hydrogen-bond acceptors (Lipinski definition) is 4. The van der Waals surface area contributed by atoms with Gasteiger partial charge in [0.1, 0.15) is 5.54 Å². The number of urea groups is 1. The van der Waals surface area contributed by atoms with Crippen LogP contribution in [0.3, 0.4) is 0 Å². The Kier molecular flexibility index (Phi) is 3.67. The fourth-order valence-corrected chi connectivity index (χ4v) is 3.62. The molecule has 21 heavy (non-hydrogen) atoms. The Bertz CT molecular complexity index is 572. The summed E-state index contributed by atoms with van der Waals surface area (Å²) in [6.07, 6.45) is 2.67. The highest BCUT2D eigenvalue weighted by Gasteiger charge is 2.51. The topological polar surface area (TPSA) is 78.5 Å². The monoisotopic (exact) mass is 307 g/mol. The number of imide groups is 1. The van der Waals surface area contributed by atoms with Crippen molar-refractivity contribution in [2.24, 2.45) is 0 Å². The third kappa shape index (κ3) is 2.78. The Labute approximate surface area is 126 Å². The Balaban J connectivity index is 1.50. The molecule has 0 bridgehead atoms. The number of hydrogen-bond donors (Lipinski definition) is 2. The molecule has 2 fully saturated rings. The summed E-state index contributed by atoms with van der Waals surface area (Å²) >= 11 is 1.70. The molecule has 4 amide bonds. The fourth-order valence-electron chi connectivity index (χ4n) is 2.86. The van der Waals surface area contributed by atoms with Gasteiger partial charge in [0.05, 0.1) is 6.54 Å². The molecular weight excluding hydrogens is 290 g/mol. The molecule has 6 nitrogen and oxygen atoms in total. The molecule has 7 heteroatoms. The first kappa shape index (κ1) is 14.1. The van der Waals surface area contributed by atoms with Crippen LogP contribution in [-0.4, -0.2) is 41.4 Å². The molecule has 2 aliphatic rings. The largest absolute Gasteiger partial charge is 0.340 e. The Hall–Kier alpha value is -1.89. The summed E-state index contributed by atoms with van der Waals surface area (Å²) in [5.41, 5.74) is -0.902. The van der Waals surface area contributed by atoms with Gasteiger partial charge in [-0.2, -0.15) is 0 Å². The number of likely N-dealkylation sites (tertiary alicyclic amines) is 1. The first-order valence-electron chi connectivity index (χ1n) is 7.03. The zero-order valence-electron chi connectivity index (χ0n) is 11.6. The number of carbonyl (C=O) groups excluding carboxylic acids is 3.